The SMILES string of the molecule is [B]c1ccc2c(c1)c1cc(C)ccc1n2CC(F)CS(=O)(=O)c1ccc(O)cc1. The number of sulfone groups is 1. The Hall–Kier alpha value is -2.80. The summed E-state index contributed by atoms with van der Waals surface area (Å²) in [6.45, 7) is 1.89. The molecule has 0 saturated heterocycles. The Labute approximate surface area is 169 Å². The number of fused-ring (bicyclic) bond motifs is 3. The Kier molecular flexibility index (Phi) is 4.86. The molecule has 3 aromatic carbocycles. The first-order chi connectivity index (χ1) is 13.7. The number of alkyl halides is 1. The van der Waals surface area contributed by atoms with E-state index in [9.17, 15) is 17.9 Å². The van der Waals surface area contributed by atoms with Crippen LogP contribution in [0.4, 0.5) is 4.39 Å². The average molecular weight is 407 g/mol. The highest BCUT2D eigenvalue weighted by atomic mass is 32.2. The fourth-order valence-corrected chi connectivity index (χ4v) is 5.00. The number of phenolic OH excluding ortho intramolecular Hbond substituents is 1. The highest BCUT2D eigenvalue weighted by molar-refractivity contribution is 7.91. The normalized spacial score (nSPS) is 13.2. The van der Waals surface area contributed by atoms with Gasteiger partial charge in [-0.25, -0.2) is 12.8 Å². The Morgan fingerprint density at radius 2 is 1.62 bits per heavy atom. The fraction of sp³-hybridized carbons (Fsp3) is 0.182. The van der Waals surface area contributed by atoms with Gasteiger partial charge in [0.2, 0.25) is 0 Å². The maximum absolute atomic E-state index is 15.0. The molecule has 0 bridgehead atoms. The zero-order chi connectivity index (χ0) is 20.8. The zero-order valence-corrected chi connectivity index (χ0v) is 16.7. The lowest BCUT2D eigenvalue weighted by Crippen LogP contribution is -2.22. The molecule has 0 aliphatic rings. The molecule has 0 saturated carbocycles. The molecule has 7 heteroatoms. The fourth-order valence-electron chi connectivity index (χ4n) is 3.67. The van der Waals surface area contributed by atoms with Gasteiger partial charge >= 0.3 is 0 Å². The van der Waals surface area contributed by atoms with Gasteiger partial charge in [0.1, 0.15) is 19.8 Å². The third kappa shape index (κ3) is 3.74. The summed E-state index contributed by atoms with van der Waals surface area (Å²) in [4.78, 5) is -0.0106. The molecule has 146 valence electrons. The summed E-state index contributed by atoms with van der Waals surface area (Å²) in [5.41, 5.74) is 3.33. The van der Waals surface area contributed by atoms with Gasteiger partial charge in [-0.1, -0.05) is 29.2 Å². The minimum absolute atomic E-state index is 0.0106. The second kappa shape index (κ2) is 7.23. The lowest BCUT2D eigenvalue weighted by atomic mass is 9.94. The van der Waals surface area contributed by atoms with Crippen LogP contribution >= 0.6 is 0 Å². The summed E-state index contributed by atoms with van der Waals surface area (Å²) < 4.78 is 41.9. The van der Waals surface area contributed by atoms with Crippen LogP contribution in [0, 0.1) is 6.92 Å². The number of nitrogens with zero attached hydrogens (tertiary/aromatic N) is 1. The molecule has 4 nitrogen and oxygen atoms in total. The van der Waals surface area contributed by atoms with Gasteiger partial charge in [-0.15, -0.1) is 0 Å². The molecule has 0 fully saturated rings. The summed E-state index contributed by atoms with van der Waals surface area (Å²) >= 11 is 0. The third-order valence-electron chi connectivity index (χ3n) is 5.02. The van der Waals surface area contributed by atoms with Crippen LogP contribution in [0.1, 0.15) is 5.56 Å². The maximum Gasteiger partial charge on any atom is 0.181 e. The molecule has 1 heterocycles. The van der Waals surface area contributed by atoms with Crippen molar-refractivity contribution in [1.29, 1.82) is 0 Å². The van der Waals surface area contributed by atoms with Gasteiger partial charge in [0.05, 0.1) is 17.2 Å². The van der Waals surface area contributed by atoms with Gasteiger partial charge < -0.3 is 9.67 Å². The number of aryl methyl sites for hydroxylation is 1. The number of phenols is 1. The summed E-state index contributed by atoms with van der Waals surface area (Å²) in [6, 6.07) is 16.4. The van der Waals surface area contributed by atoms with E-state index in [-0.39, 0.29) is 17.2 Å². The second-order valence-electron chi connectivity index (χ2n) is 7.28. The highest BCUT2D eigenvalue weighted by Gasteiger charge is 2.23. The molecule has 4 rings (SSSR count). The van der Waals surface area contributed by atoms with Crippen LogP contribution in [0.15, 0.2) is 65.6 Å². The zero-order valence-electron chi connectivity index (χ0n) is 15.8. The standard InChI is InChI=1S/C22H19BFNO3S/c1-14-2-8-21-19(10-14)20-11-15(23)3-9-22(20)25(21)12-16(24)13-29(27,28)18-6-4-17(26)5-7-18/h2-11,16,26H,12-13H2,1H3. The van der Waals surface area contributed by atoms with Crippen molar-refractivity contribution in [2.75, 3.05) is 5.75 Å². The molecule has 0 aliphatic heterocycles. The highest BCUT2D eigenvalue weighted by Crippen LogP contribution is 2.30. The predicted octanol–water partition coefficient (Wildman–Crippen LogP) is 3.41. The number of benzene rings is 3. The lowest BCUT2D eigenvalue weighted by Gasteiger charge is -2.13. The lowest BCUT2D eigenvalue weighted by molar-refractivity contribution is 0.328. The Morgan fingerprint density at radius 3 is 2.31 bits per heavy atom. The van der Waals surface area contributed by atoms with Gasteiger partial charge in [0.25, 0.3) is 0 Å². The first kappa shape index (κ1) is 19.5. The molecule has 0 amide bonds. The minimum atomic E-state index is -3.82. The van der Waals surface area contributed by atoms with Crippen LogP contribution in [-0.4, -0.2) is 37.9 Å². The van der Waals surface area contributed by atoms with Crippen molar-refractivity contribution in [2.24, 2.45) is 0 Å². The van der Waals surface area contributed by atoms with E-state index in [1.165, 1.54) is 24.3 Å². The molecule has 4 aromatic rings. The van der Waals surface area contributed by atoms with Crippen LogP contribution in [0.2, 0.25) is 0 Å². The van der Waals surface area contributed by atoms with Crippen LogP contribution in [0.25, 0.3) is 21.8 Å². The first-order valence-corrected chi connectivity index (χ1v) is 10.8. The average Bonchev–Trinajstić information content (AvgIpc) is 2.94. The van der Waals surface area contributed by atoms with Crippen molar-refractivity contribution in [3.05, 3.63) is 66.2 Å². The third-order valence-corrected chi connectivity index (χ3v) is 6.81. The number of hydrogen-bond donors (Lipinski definition) is 1. The molecule has 0 spiro atoms. The van der Waals surface area contributed by atoms with E-state index in [1.807, 2.05) is 37.3 Å². The van der Waals surface area contributed by atoms with E-state index in [2.05, 4.69) is 0 Å². The molecule has 0 aliphatic carbocycles. The van der Waals surface area contributed by atoms with Gasteiger partial charge in [0.15, 0.2) is 9.84 Å². The molecule has 1 atom stereocenters. The number of halogens is 1. The molecule has 2 radical (unpaired) electrons. The largest absolute Gasteiger partial charge is 0.508 e. The minimum Gasteiger partial charge on any atom is -0.508 e. The quantitative estimate of drug-likeness (QED) is 0.516. The number of rotatable bonds is 5. The molecular weight excluding hydrogens is 388 g/mol. The van der Waals surface area contributed by atoms with Crippen LogP contribution in [-0.2, 0) is 16.4 Å². The molecule has 1 N–H and O–H groups in total. The van der Waals surface area contributed by atoms with Crippen molar-refractivity contribution < 1.29 is 17.9 Å². The second-order valence-corrected chi connectivity index (χ2v) is 9.31. The monoisotopic (exact) mass is 407 g/mol. The van der Waals surface area contributed by atoms with Gasteiger partial charge in [0, 0.05) is 21.8 Å². The molecule has 29 heavy (non-hydrogen) atoms. The van der Waals surface area contributed by atoms with Crippen molar-refractivity contribution in [3.63, 3.8) is 0 Å². The van der Waals surface area contributed by atoms with Gasteiger partial charge in [-0.3, -0.25) is 0 Å². The topological polar surface area (TPSA) is 59.3 Å². The van der Waals surface area contributed by atoms with Gasteiger partial charge in [-0.05, 0) is 49.4 Å². The molecular formula is C22H19BFNO3S. The predicted molar refractivity (Wildman–Crippen MR) is 115 cm³/mol. The summed E-state index contributed by atoms with van der Waals surface area (Å²) in [5.74, 6) is -0.680. The van der Waals surface area contributed by atoms with E-state index in [4.69, 9.17) is 7.85 Å². The van der Waals surface area contributed by atoms with Crippen LogP contribution < -0.4 is 5.46 Å². The Balaban J connectivity index is 1.70. The molecule has 1 aromatic heterocycles. The first-order valence-electron chi connectivity index (χ1n) is 9.18. The Morgan fingerprint density at radius 1 is 1.00 bits per heavy atom. The Bertz CT molecular complexity index is 1250. The van der Waals surface area contributed by atoms with Crippen LogP contribution in [0.3, 0.4) is 0 Å². The number of aromatic hydroxyl groups is 1. The molecule has 1 unspecified atom stereocenters. The van der Waals surface area contributed by atoms with E-state index in [1.54, 1.807) is 10.6 Å². The van der Waals surface area contributed by atoms with E-state index < -0.39 is 21.8 Å². The van der Waals surface area contributed by atoms with E-state index in [0.717, 1.165) is 27.4 Å². The smallest absolute Gasteiger partial charge is 0.181 e. The van der Waals surface area contributed by atoms with Crippen molar-refractivity contribution in [3.8, 4) is 5.75 Å². The van der Waals surface area contributed by atoms with Crippen LogP contribution in [0.5, 0.6) is 5.75 Å². The number of hydrogen-bond acceptors (Lipinski definition) is 3. The summed E-state index contributed by atoms with van der Waals surface area (Å²) in [7, 11) is 2.12. The van der Waals surface area contributed by atoms with Crippen molar-refractivity contribution in [2.45, 2.75) is 24.5 Å². The van der Waals surface area contributed by atoms with Crippen molar-refractivity contribution >= 4 is 45.0 Å². The van der Waals surface area contributed by atoms with Gasteiger partial charge in [-0.2, -0.15) is 0 Å². The summed E-state index contributed by atoms with van der Waals surface area (Å²) in [5, 5.41) is 11.2. The maximum atomic E-state index is 15.0. The van der Waals surface area contributed by atoms with Crippen molar-refractivity contribution in [1.82, 2.24) is 4.57 Å². The van der Waals surface area contributed by atoms with E-state index in [0.29, 0.717) is 5.46 Å². The number of aromatic nitrogens is 1. The van der Waals surface area contributed by atoms with E-state index >= 15 is 0 Å². The summed E-state index contributed by atoms with van der Waals surface area (Å²) in [6.07, 6.45) is -1.61.